The first kappa shape index (κ1) is 16.3. The maximum atomic E-state index is 12.5. The molecule has 2 aromatic heterocycles. The molecule has 1 N–H and O–H groups in total. The minimum atomic E-state index is -0.105. The van der Waals surface area contributed by atoms with Gasteiger partial charge in [0.15, 0.2) is 16.5 Å². The molecule has 0 aliphatic heterocycles. The average molecular weight is 341 g/mol. The Morgan fingerprint density at radius 2 is 2.08 bits per heavy atom. The van der Waals surface area contributed by atoms with E-state index in [0.717, 1.165) is 17.1 Å². The summed E-state index contributed by atoms with van der Waals surface area (Å²) in [7, 11) is 1.75. The van der Waals surface area contributed by atoms with E-state index in [0.29, 0.717) is 16.5 Å². The lowest BCUT2D eigenvalue weighted by molar-refractivity contribution is 0.804. The predicted octanol–water partition coefficient (Wildman–Crippen LogP) is 3.19. The molecule has 0 bridgehead atoms. The largest absolute Gasteiger partial charge is 0.335 e. The zero-order valence-corrected chi connectivity index (χ0v) is 14.7. The standard InChI is InChI=1S/C17H19N5OS/c1-4-24-17(19-13-8-6-5-7-9-13)20-15-14-16(23)21(3)12(2)10-22(14)11-18-15/h5-11H,4H2,1-3H3,(H,19,20). The summed E-state index contributed by atoms with van der Waals surface area (Å²) < 4.78 is 3.33. The van der Waals surface area contributed by atoms with Gasteiger partial charge < -0.3 is 9.88 Å². The van der Waals surface area contributed by atoms with Crippen LogP contribution in [0.15, 0.2) is 52.6 Å². The molecule has 0 spiro atoms. The Balaban J connectivity index is 2.05. The van der Waals surface area contributed by atoms with E-state index in [1.807, 2.05) is 43.5 Å². The first-order valence-electron chi connectivity index (χ1n) is 7.67. The van der Waals surface area contributed by atoms with Gasteiger partial charge in [0.2, 0.25) is 0 Å². The molecule has 124 valence electrons. The zero-order valence-electron chi connectivity index (χ0n) is 13.9. The summed E-state index contributed by atoms with van der Waals surface area (Å²) in [6.45, 7) is 3.94. The van der Waals surface area contributed by atoms with Gasteiger partial charge in [-0.15, -0.1) is 0 Å². The van der Waals surface area contributed by atoms with Crippen molar-refractivity contribution in [2.75, 3.05) is 11.1 Å². The van der Waals surface area contributed by atoms with Gasteiger partial charge in [-0.2, -0.15) is 0 Å². The van der Waals surface area contributed by atoms with Crippen molar-refractivity contribution >= 4 is 34.0 Å². The Morgan fingerprint density at radius 1 is 1.33 bits per heavy atom. The Bertz CT molecular complexity index is 943. The second-order valence-electron chi connectivity index (χ2n) is 5.30. The normalized spacial score (nSPS) is 11.9. The number of benzene rings is 1. The molecule has 0 aliphatic carbocycles. The fraction of sp³-hybridized carbons (Fsp3) is 0.235. The van der Waals surface area contributed by atoms with Crippen LogP contribution in [0.4, 0.5) is 11.5 Å². The first-order chi connectivity index (χ1) is 11.6. The summed E-state index contributed by atoms with van der Waals surface area (Å²) >= 11 is 1.57. The molecule has 1 aromatic carbocycles. The zero-order chi connectivity index (χ0) is 17.1. The highest BCUT2D eigenvalue weighted by atomic mass is 32.2. The van der Waals surface area contributed by atoms with Crippen molar-refractivity contribution in [1.82, 2.24) is 14.0 Å². The average Bonchev–Trinajstić information content (AvgIpc) is 2.96. The molecule has 0 aliphatic rings. The SMILES string of the molecule is CCSC(=Nc1ncn2cc(C)n(C)c(=O)c12)Nc1ccccc1. The number of nitrogens with zero attached hydrogens (tertiary/aromatic N) is 4. The van der Waals surface area contributed by atoms with Crippen molar-refractivity contribution < 1.29 is 0 Å². The highest BCUT2D eigenvalue weighted by molar-refractivity contribution is 8.14. The van der Waals surface area contributed by atoms with E-state index in [4.69, 9.17) is 0 Å². The summed E-state index contributed by atoms with van der Waals surface area (Å²) in [6, 6.07) is 9.82. The molecular weight excluding hydrogens is 322 g/mol. The first-order valence-corrected chi connectivity index (χ1v) is 8.65. The number of aliphatic imine (C=N–C) groups is 1. The maximum Gasteiger partial charge on any atom is 0.278 e. The molecule has 6 nitrogen and oxygen atoms in total. The van der Waals surface area contributed by atoms with E-state index >= 15 is 0 Å². The topological polar surface area (TPSA) is 63.7 Å². The van der Waals surface area contributed by atoms with Gasteiger partial charge in [0.1, 0.15) is 6.33 Å². The molecule has 0 radical (unpaired) electrons. The molecule has 0 fully saturated rings. The van der Waals surface area contributed by atoms with Crippen molar-refractivity contribution in [3.8, 4) is 0 Å². The third kappa shape index (κ3) is 3.21. The van der Waals surface area contributed by atoms with Crippen LogP contribution in [0, 0.1) is 6.92 Å². The smallest absolute Gasteiger partial charge is 0.278 e. The number of imidazole rings is 1. The van der Waals surface area contributed by atoms with E-state index < -0.39 is 0 Å². The second-order valence-corrected chi connectivity index (χ2v) is 6.55. The number of thioether (sulfide) groups is 1. The van der Waals surface area contributed by atoms with Crippen LogP contribution in [0.2, 0.25) is 0 Å². The van der Waals surface area contributed by atoms with Gasteiger partial charge in [0.25, 0.3) is 5.56 Å². The van der Waals surface area contributed by atoms with Gasteiger partial charge in [-0.1, -0.05) is 36.9 Å². The van der Waals surface area contributed by atoms with Gasteiger partial charge in [0, 0.05) is 24.6 Å². The van der Waals surface area contributed by atoms with Crippen molar-refractivity contribution in [2.45, 2.75) is 13.8 Å². The predicted molar refractivity (Wildman–Crippen MR) is 100 cm³/mol. The van der Waals surface area contributed by atoms with Crippen LogP contribution >= 0.6 is 11.8 Å². The number of amidine groups is 1. The third-order valence-corrected chi connectivity index (χ3v) is 4.41. The number of aryl methyl sites for hydroxylation is 1. The van der Waals surface area contributed by atoms with Crippen molar-refractivity contribution in [3.05, 3.63) is 58.9 Å². The molecule has 24 heavy (non-hydrogen) atoms. The minimum Gasteiger partial charge on any atom is -0.335 e. The van der Waals surface area contributed by atoms with Crippen molar-refractivity contribution in [3.63, 3.8) is 0 Å². The van der Waals surface area contributed by atoms with Gasteiger partial charge >= 0.3 is 0 Å². The summed E-state index contributed by atoms with van der Waals surface area (Å²) in [4.78, 5) is 21.4. The fourth-order valence-electron chi connectivity index (χ4n) is 2.32. The van der Waals surface area contributed by atoms with Crippen LogP contribution in [-0.4, -0.2) is 24.9 Å². The number of nitrogens with one attached hydrogen (secondary N) is 1. The molecule has 0 saturated carbocycles. The second kappa shape index (κ2) is 6.92. The maximum absolute atomic E-state index is 12.5. The molecule has 7 heteroatoms. The third-order valence-electron chi connectivity index (χ3n) is 3.65. The van der Waals surface area contributed by atoms with Gasteiger partial charge in [-0.3, -0.25) is 9.20 Å². The fourth-order valence-corrected chi connectivity index (χ4v) is 2.93. The Kier molecular flexibility index (Phi) is 4.71. The summed E-state index contributed by atoms with van der Waals surface area (Å²) in [6.07, 6.45) is 3.50. The van der Waals surface area contributed by atoms with Crippen molar-refractivity contribution in [2.24, 2.45) is 12.0 Å². The minimum absolute atomic E-state index is 0.105. The summed E-state index contributed by atoms with van der Waals surface area (Å²) in [5.41, 5.74) is 2.19. The van der Waals surface area contributed by atoms with Crippen LogP contribution in [0.5, 0.6) is 0 Å². The van der Waals surface area contributed by atoms with Crippen LogP contribution in [0.25, 0.3) is 5.52 Å². The van der Waals surface area contributed by atoms with Gasteiger partial charge in [-0.05, 0) is 24.8 Å². The van der Waals surface area contributed by atoms with E-state index in [2.05, 4.69) is 22.2 Å². The number of hydrogen-bond donors (Lipinski definition) is 1. The van der Waals surface area contributed by atoms with E-state index in [9.17, 15) is 4.79 Å². The van der Waals surface area contributed by atoms with Gasteiger partial charge in [0.05, 0.1) is 0 Å². The summed E-state index contributed by atoms with van der Waals surface area (Å²) in [5.74, 6) is 1.29. The molecule has 3 rings (SSSR count). The number of hydrogen-bond acceptors (Lipinski definition) is 4. The van der Waals surface area contributed by atoms with Crippen LogP contribution < -0.4 is 10.9 Å². The number of para-hydroxylation sites is 1. The lowest BCUT2D eigenvalue weighted by atomic mass is 10.3. The van der Waals surface area contributed by atoms with Crippen molar-refractivity contribution in [1.29, 1.82) is 0 Å². The molecule has 0 atom stereocenters. The van der Waals surface area contributed by atoms with Crippen LogP contribution in [0.3, 0.4) is 0 Å². The van der Waals surface area contributed by atoms with E-state index in [1.54, 1.807) is 34.1 Å². The number of fused-ring (bicyclic) bond motifs is 1. The highest BCUT2D eigenvalue weighted by Crippen LogP contribution is 2.19. The monoisotopic (exact) mass is 341 g/mol. The molecule has 3 aromatic rings. The molecular formula is C17H19N5OS. The summed E-state index contributed by atoms with van der Waals surface area (Å²) in [5, 5.41) is 4.00. The van der Waals surface area contributed by atoms with Crippen LogP contribution in [-0.2, 0) is 7.05 Å². The lowest BCUT2D eigenvalue weighted by Crippen LogP contribution is -2.20. The highest BCUT2D eigenvalue weighted by Gasteiger charge is 2.12. The Hall–Kier alpha value is -2.54. The molecule has 0 amide bonds. The molecule has 0 saturated heterocycles. The van der Waals surface area contributed by atoms with E-state index in [-0.39, 0.29) is 5.56 Å². The number of aromatic nitrogens is 3. The molecule has 2 heterocycles. The number of anilines is 1. The van der Waals surface area contributed by atoms with Crippen LogP contribution in [0.1, 0.15) is 12.6 Å². The number of rotatable bonds is 3. The van der Waals surface area contributed by atoms with E-state index in [1.165, 1.54) is 0 Å². The van der Waals surface area contributed by atoms with Gasteiger partial charge in [-0.25, -0.2) is 9.98 Å². The molecule has 0 unspecified atom stereocenters. The lowest BCUT2D eigenvalue weighted by Gasteiger charge is -2.08. The quantitative estimate of drug-likeness (QED) is 0.587. The Labute approximate surface area is 144 Å². The Morgan fingerprint density at radius 3 is 2.79 bits per heavy atom.